The fourth-order valence-corrected chi connectivity index (χ4v) is 4.20. The van der Waals surface area contributed by atoms with E-state index in [1.54, 1.807) is 38.5 Å². The zero-order valence-corrected chi connectivity index (χ0v) is 17.6. The van der Waals surface area contributed by atoms with Crippen LogP contribution >= 0.6 is 33.2 Å². The van der Waals surface area contributed by atoms with Crippen molar-refractivity contribution in [2.75, 3.05) is 14.2 Å². The summed E-state index contributed by atoms with van der Waals surface area (Å²) in [6.07, 6.45) is 5.62. The van der Waals surface area contributed by atoms with Crippen molar-refractivity contribution in [2.45, 2.75) is 38.1 Å². The summed E-state index contributed by atoms with van der Waals surface area (Å²) < 4.78 is 10.4. The molecule has 1 aromatic rings. The molecule has 1 rings (SSSR count). The van der Waals surface area contributed by atoms with E-state index in [4.69, 9.17) is 42.7 Å². The molecule has 0 saturated carbocycles. The first-order chi connectivity index (χ1) is 11.7. The SMILES string of the molecule is COc1cc(/C=C(\CCCCCC[Si](Cl)(Cl)Cl)C(=O)O)cc(OC)c1. The van der Waals surface area contributed by atoms with Crippen molar-refractivity contribution in [1.82, 2.24) is 0 Å². The second-order valence-electron chi connectivity index (χ2n) is 5.65. The van der Waals surface area contributed by atoms with Crippen LogP contribution in [0.4, 0.5) is 0 Å². The summed E-state index contributed by atoms with van der Waals surface area (Å²) in [5.41, 5.74) is 1.09. The monoisotopic (exact) mass is 424 g/mol. The number of halogens is 3. The largest absolute Gasteiger partial charge is 0.497 e. The molecule has 0 aliphatic rings. The molecule has 1 aromatic carbocycles. The lowest BCUT2D eigenvalue weighted by molar-refractivity contribution is -0.132. The molecule has 0 aliphatic carbocycles. The van der Waals surface area contributed by atoms with Gasteiger partial charge in [0.15, 0.2) is 0 Å². The van der Waals surface area contributed by atoms with Crippen LogP contribution in [0.3, 0.4) is 0 Å². The smallest absolute Gasteiger partial charge is 0.341 e. The van der Waals surface area contributed by atoms with Crippen molar-refractivity contribution in [3.63, 3.8) is 0 Å². The van der Waals surface area contributed by atoms with E-state index in [-0.39, 0.29) is 0 Å². The van der Waals surface area contributed by atoms with Gasteiger partial charge in [-0.1, -0.05) is 19.3 Å². The lowest BCUT2D eigenvalue weighted by Gasteiger charge is -2.08. The van der Waals surface area contributed by atoms with Gasteiger partial charge in [0.2, 0.25) is 0 Å². The summed E-state index contributed by atoms with van der Waals surface area (Å²) in [6, 6.07) is 3.39. The van der Waals surface area contributed by atoms with Crippen LogP contribution in [0.15, 0.2) is 23.8 Å². The molecule has 0 spiro atoms. The zero-order valence-electron chi connectivity index (χ0n) is 14.4. The Morgan fingerprint density at radius 1 is 1.04 bits per heavy atom. The predicted molar refractivity (Wildman–Crippen MR) is 106 cm³/mol. The second kappa shape index (κ2) is 11.0. The van der Waals surface area contributed by atoms with Gasteiger partial charge in [0.1, 0.15) is 11.5 Å². The zero-order chi connectivity index (χ0) is 18.9. The summed E-state index contributed by atoms with van der Waals surface area (Å²) in [5.74, 6) is 0.313. The van der Waals surface area contributed by atoms with Gasteiger partial charge in [-0.25, -0.2) is 4.79 Å². The third-order valence-corrected chi connectivity index (χ3v) is 6.27. The molecular weight excluding hydrogens is 403 g/mol. The van der Waals surface area contributed by atoms with Crippen LogP contribution in [0.5, 0.6) is 11.5 Å². The Hall–Kier alpha value is -0.883. The van der Waals surface area contributed by atoms with Crippen molar-refractivity contribution in [3.05, 3.63) is 29.3 Å². The molecule has 8 heteroatoms. The molecule has 0 bridgehead atoms. The van der Waals surface area contributed by atoms with E-state index in [1.165, 1.54) is 0 Å². The lowest BCUT2D eigenvalue weighted by atomic mass is 10.0. The number of rotatable bonds is 11. The van der Waals surface area contributed by atoms with Crippen LogP contribution in [0.25, 0.3) is 6.08 Å². The van der Waals surface area contributed by atoms with Crippen LogP contribution in [-0.4, -0.2) is 31.3 Å². The van der Waals surface area contributed by atoms with E-state index in [2.05, 4.69) is 0 Å². The molecular formula is C17H23Cl3O4Si. The number of carboxylic acid groups (broad SMARTS) is 1. The number of benzene rings is 1. The second-order valence-corrected chi connectivity index (χ2v) is 14.9. The Morgan fingerprint density at radius 3 is 2.08 bits per heavy atom. The number of methoxy groups -OCH3 is 2. The number of carboxylic acids is 1. The molecule has 140 valence electrons. The van der Waals surface area contributed by atoms with Gasteiger partial charge in [-0.3, -0.25) is 0 Å². The van der Waals surface area contributed by atoms with Crippen LogP contribution in [0.2, 0.25) is 6.04 Å². The number of unbranched alkanes of at least 4 members (excludes halogenated alkanes) is 3. The van der Waals surface area contributed by atoms with Crippen molar-refractivity contribution in [2.24, 2.45) is 0 Å². The summed E-state index contributed by atoms with van der Waals surface area (Å²) in [6.45, 7) is 0. The third-order valence-electron chi connectivity index (χ3n) is 3.65. The van der Waals surface area contributed by atoms with Crippen LogP contribution in [0, 0.1) is 0 Å². The van der Waals surface area contributed by atoms with Crippen molar-refractivity contribution in [1.29, 1.82) is 0 Å². The predicted octanol–water partition coefficient (Wildman–Crippen LogP) is 5.78. The van der Waals surface area contributed by atoms with Gasteiger partial charge in [-0.2, -0.15) is 0 Å². The van der Waals surface area contributed by atoms with Gasteiger partial charge in [0, 0.05) is 11.6 Å². The molecule has 0 aromatic heterocycles. The molecule has 1 N–H and O–H groups in total. The van der Waals surface area contributed by atoms with Gasteiger partial charge >= 0.3 is 12.0 Å². The molecule has 0 heterocycles. The van der Waals surface area contributed by atoms with E-state index in [0.717, 1.165) is 31.2 Å². The first-order valence-corrected chi connectivity index (χ1v) is 13.2. The minimum absolute atomic E-state index is 0.353. The Labute approximate surface area is 163 Å². The Balaban J connectivity index is 2.64. The molecule has 0 amide bonds. The minimum Gasteiger partial charge on any atom is -0.497 e. The number of aliphatic carboxylic acids is 1. The highest BCUT2D eigenvalue weighted by Gasteiger charge is 2.23. The molecule has 25 heavy (non-hydrogen) atoms. The molecule has 0 saturated heterocycles. The normalized spacial score (nSPS) is 12.1. The highest BCUT2D eigenvalue weighted by molar-refractivity contribution is 7.64. The summed E-state index contributed by atoms with van der Waals surface area (Å²) >= 11 is 17.5. The van der Waals surface area contributed by atoms with Gasteiger partial charge in [-0.15, -0.1) is 33.2 Å². The first kappa shape index (κ1) is 22.2. The summed E-state index contributed by atoms with van der Waals surface area (Å²) in [4.78, 5) is 11.5. The lowest BCUT2D eigenvalue weighted by Crippen LogP contribution is -2.07. The van der Waals surface area contributed by atoms with E-state index < -0.39 is 12.0 Å². The van der Waals surface area contributed by atoms with Gasteiger partial charge in [0.05, 0.1) is 14.2 Å². The topological polar surface area (TPSA) is 55.8 Å². The quantitative estimate of drug-likeness (QED) is 0.211. The van der Waals surface area contributed by atoms with Gasteiger partial charge < -0.3 is 14.6 Å². The van der Waals surface area contributed by atoms with Crippen LogP contribution in [0.1, 0.15) is 37.7 Å². The molecule has 0 fully saturated rings. The van der Waals surface area contributed by atoms with Crippen molar-refractivity contribution in [3.8, 4) is 11.5 Å². The fraction of sp³-hybridized carbons (Fsp3) is 0.471. The number of carbonyl (C=O) groups is 1. The maximum atomic E-state index is 11.5. The van der Waals surface area contributed by atoms with Crippen molar-refractivity contribution >= 4 is 51.3 Å². The molecule has 0 unspecified atom stereocenters. The van der Waals surface area contributed by atoms with Crippen molar-refractivity contribution < 1.29 is 19.4 Å². The molecule has 4 nitrogen and oxygen atoms in total. The molecule has 0 atom stereocenters. The maximum Gasteiger partial charge on any atom is 0.341 e. The number of hydrogen-bond acceptors (Lipinski definition) is 3. The van der Waals surface area contributed by atoms with E-state index in [1.807, 2.05) is 0 Å². The highest BCUT2D eigenvalue weighted by Crippen LogP contribution is 2.28. The summed E-state index contributed by atoms with van der Waals surface area (Å²) in [5, 5.41) is 9.42. The Morgan fingerprint density at radius 2 is 1.60 bits per heavy atom. The molecule has 0 aliphatic heterocycles. The average molecular weight is 426 g/mol. The maximum absolute atomic E-state index is 11.5. The van der Waals surface area contributed by atoms with E-state index in [0.29, 0.717) is 29.5 Å². The molecule has 0 radical (unpaired) electrons. The van der Waals surface area contributed by atoms with E-state index >= 15 is 0 Å². The number of hydrogen-bond donors (Lipinski definition) is 1. The minimum atomic E-state index is -2.54. The third kappa shape index (κ3) is 9.40. The van der Waals surface area contributed by atoms with Crippen LogP contribution < -0.4 is 9.47 Å². The van der Waals surface area contributed by atoms with E-state index in [9.17, 15) is 9.90 Å². The fourth-order valence-electron chi connectivity index (χ4n) is 2.35. The summed E-state index contributed by atoms with van der Waals surface area (Å²) in [7, 11) is 3.11. The average Bonchev–Trinajstić information content (AvgIpc) is 2.55. The van der Waals surface area contributed by atoms with Crippen LogP contribution in [-0.2, 0) is 4.79 Å². The highest BCUT2D eigenvalue weighted by atomic mass is 35.8. The standard InChI is InChI=1S/C17H23Cl3O4Si/c1-23-15-10-13(11-16(12-15)24-2)9-14(17(21)22)7-5-3-4-6-8-25(18,19)20/h9-12H,3-8H2,1-2H3,(H,21,22)/b14-9+. The van der Waals surface area contributed by atoms with Gasteiger partial charge in [-0.05, 0) is 42.7 Å². The number of ether oxygens (including phenoxy) is 2. The Kier molecular flexibility index (Phi) is 9.72. The first-order valence-electron chi connectivity index (χ1n) is 7.99. The Bertz CT molecular complexity index is 578. The van der Waals surface area contributed by atoms with Gasteiger partial charge in [0.25, 0.3) is 0 Å².